The maximum absolute atomic E-state index is 11.7. The molecule has 0 atom stereocenters. The molecule has 1 N–H and O–H groups in total. The quantitative estimate of drug-likeness (QED) is 0.675. The van der Waals surface area contributed by atoms with Crippen LogP contribution in [0.1, 0.15) is 25.5 Å². The maximum Gasteiger partial charge on any atom is 0.192 e. The van der Waals surface area contributed by atoms with Crippen LogP contribution in [0, 0.1) is 6.92 Å². The Bertz CT molecular complexity index is 635. The molecule has 0 unspecified atom stereocenters. The fourth-order valence-electron chi connectivity index (χ4n) is 1.97. The van der Waals surface area contributed by atoms with Crippen LogP contribution in [-0.4, -0.2) is 15.9 Å². The molecular weight excluding hydrogens is 242 g/mol. The number of nitrogens with zero attached hydrogens (tertiary/aromatic N) is 1. The van der Waals surface area contributed by atoms with Crippen molar-refractivity contribution >= 4 is 11.4 Å². The Hall–Kier alpha value is -2.36. The number of ketones is 1. The number of oxazole rings is 1. The van der Waals surface area contributed by atoms with Gasteiger partial charge in [-0.15, -0.1) is 0 Å². The fourth-order valence-corrected chi connectivity index (χ4v) is 1.97. The third-order valence-electron chi connectivity index (χ3n) is 2.72. The molecule has 0 fully saturated rings. The molecular formula is C15H15NO3. The largest absolute Gasteiger partial charge is 0.512 e. The summed E-state index contributed by atoms with van der Waals surface area (Å²) in [4.78, 5) is 16.0. The van der Waals surface area contributed by atoms with Crippen LogP contribution in [0.2, 0.25) is 0 Å². The second kappa shape index (κ2) is 5.10. The minimum atomic E-state index is -0.256. The third-order valence-corrected chi connectivity index (χ3v) is 2.72. The summed E-state index contributed by atoms with van der Waals surface area (Å²) in [5, 5.41) is 9.69. The first-order chi connectivity index (χ1) is 9.00. The summed E-state index contributed by atoms with van der Waals surface area (Å²) < 4.78 is 5.50. The average molecular weight is 257 g/mol. The molecule has 1 aromatic carbocycles. The van der Waals surface area contributed by atoms with Crippen molar-refractivity contribution in [2.45, 2.75) is 20.8 Å². The summed E-state index contributed by atoms with van der Waals surface area (Å²) in [5.74, 6) is 0.444. The number of aromatic nitrogens is 1. The van der Waals surface area contributed by atoms with Crippen LogP contribution in [0.3, 0.4) is 0 Å². The number of benzene rings is 1. The number of rotatable bonds is 3. The Morgan fingerprint density at radius 1 is 1.21 bits per heavy atom. The van der Waals surface area contributed by atoms with Crippen LogP contribution in [0.15, 0.2) is 40.5 Å². The van der Waals surface area contributed by atoms with Gasteiger partial charge in [0, 0.05) is 12.5 Å². The van der Waals surface area contributed by atoms with E-state index in [1.807, 2.05) is 30.3 Å². The highest BCUT2D eigenvalue weighted by atomic mass is 16.4. The van der Waals surface area contributed by atoms with E-state index in [0.29, 0.717) is 17.3 Å². The van der Waals surface area contributed by atoms with Gasteiger partial charge >= 0.3 is 0 Å². The highest BCUT2D eigenvalue weighted by Crippen LogP contribution is 2.31. The highest BCUT2D eigenvalue weighted by Gasteiger charge is 2.22. The standard InChI is InChI=1S/C15H15NO3/c1-9(17)13(10(2)18)15-14(16-11(3)19-15)12-7-5-4-6-8-12/h4-8,17H,1-3H3/b13-9+. The van der Waals surface area contributed by atoms with Gasteiger partial charge < -0.3 is 9.52 Å². The number of carbonyl (C=O) groups is 1. The first-order valence-electron chi connectivity index (χ1n) is 5.94. The van der Waals surface area contributed by atoms with Gasteiger partial charge in [-0.1, -0.05) is 30.3 Å². The van der Waals surface area contributed by atoms with Crippen LogP contribution >= 0.6 is 0 Å². The predicted molar refractivity (Wildman–Crippen MR) is 72.6 cm³/mol. The lowest BCUT2D eigenvalue weighted by Crippen LogP contribution is -2.00. The van der Waals surface area contributed by atoms with Crippen LogP contribution in [0.25, 0.3) is 16.8 Å². The molecule has 0 saturated carbocycles. The van der Waals surface area contributed by atoms with Gasteiger partial charge in [0.05, 0.1) is 5.57 Å². The van der Waals surface area contributed by atoms with E-state index in [0.717, 1.165) is 5.56 Å². The van der Waals surface area contributed by atoms with E-state index in [2.05, 4.69) is 4.98 Å². The zero-order valence-corrected chi connectivity index (χ0v) is 11.1. The topological polar surface area (TPSA) is 63.3 Å². The lowest BCUT2D eigenvalue weighted by Gasteiger charge is -2.04. The zero-order chi connectivity index (χ0) is 14.0. The third kappa shape index (κ3) is 2.57. The van der Waals surface area contributed by atoms with Gasteiger partial charge in [0.2, 0.25) is 0 Å². The number of Topliss-reactive ketones (excluding diaryl/α,β-unsaturated/α-hetero) is 1. The van der Waals surface area contributed by atoms with Crippen molar-refractivity contribution in [3.05, 3.63) is 47.7 Å². The first-order valence-corrected chi connectivity index (χ1v) is 5.94. The number of hydrogen-bond acceptors (Lipinski definition) is 4. The summed E-state index contributed by atoms with van der Waals surface area (Å²) in [6.07, 6.45) is 0. The molecule has 4 nitrogen and oxygen atoms in total. The summed E-state index contributed by atoms with van der Waals surface area (Å²) in [6.45, 7) is 4.56. The van der Waals surface area contributed by atoms with Gasteiger partial charge in [0.15, 0.2) is 17.4 Å². The van der Waals surface area contributed by atoms with Crippen LogP contribution in [0.5, 0.6) is 0 Å². The van der Waals surface area contributed by atoms with E-state index in [-0.39, 0.29) is 17.1 Å². The lowest BCUT2D eigenvalue weighted by atomic mass is 10.0. The van der Waals surface area contributed by atoms with Gasteiger partial charge in [-0.05, 0) is 13.8 Å². The van der Waals surface area contributed by atoms with E-state index < -0.39 is 0 Å². The molecule has 0 bridgehead atoms. The molecule has 98 valence electrons. The smallest absolute Gasteiger partial charge is 0.192 e. The molecule has 0 aliphatic rings. The molecule has 0 radical (unpaired) electrons. The number of hydrogen-bond donors (Lipinski definition) is 1. The van der Waals surface area contributed by atoms with Gasteiger partial charge in [-0.25, -0.2) is 4.98 Å². The van der Waals surface area contributed by atoms with Gasteiger partial charge in [-0.3, -0.25) is 4.79 Å². The van der Waals surface area contributed by atoms with Crippen molar-refractivity contribution in [1.82, 2.24) is 4.98 Å². The Kier molecular flexibility index (Phi) is 3.51. The van der Waals surface area contributed by atoms with Crippen molar-refractivity contribution in [3.63, 3.8) is 0 Å². The van der Waals surface area contributed by atoms with Crippen molar-refractivity contribution < 1.29 is 14.3 Å². The van der Waals surface area contributed by atoms with Crippen molar-refractivity contribution in [3.8, 4) is 11.3 Å². The molecule has 0 aliphatic carbocycles. The van der Waals surface area contributed by atoms with Gasteiger partial charge in [-0.2, -0.15) is 0 Å². The number of aryl methyl sites for hydroxylation is 1. The molecule has 1 aromatic heterocycles. The first kappa shape index (κ1) is 13.1. The molecule has 0 saturated heterocycles. The summed E-state index contributed by atoms with van der Waals surface area (Å²) in [5.41, 5.74) is 1.57. The van der Waals surface area contributed by atoms with Crippen molar-refractivity contribution in [2.75, 3.05) is 0 Å². The van der Waals surface area contributed by atoms with Crippen LogP contribution in [-0.2, 0) is 4.79 Å². The van der Waals surface area contributed by atoms with E-state index in [1.165, 1.54) is 13.8 Å². The molecule has 2 rings (SSSR count). The lowest BCUT2D eigenvalue weighted by molar-refractivity contribution is -0.112. The van der Waals surface area contributed by atoms with Crippen molar-refractivity contribution in [2.24, 2.45) is 0 Å². The normalized spacial score (nSPS) is 12.2. The second-order valence-corrected chi connectivity index (χ2v) is 4.29. The molecule has 0 amide bonds. The average Bonchev–Trinajstić information content (AvgIpc) is 2.71. The minimum absolute atomic E-state index is 0.0687. The Balaban J connectivity index is 2.66. The van der Waals surface area contributed by atoms with Gasteiger partial charge in [0.1, 0.15) is 11.5 Å². The monoisotopic (exact) mass is 257 g/mol. The van der Waals surface area contributed by atoms with Crippen LogP contribution in [0.4, 0.5) is 0 Å². The SMILES string of the molecule is CC(=O)/C(=C(/C)O)c1oc(C)nc1-c1ccccc1. The van der Waals surface area contributed by atoms with E-state index >= 15 is 0 Å². The number of carbonyl (C=O) groups excluding carboxylic acids is 1. The summed E-state index contributed by atoms with van der Waals surface area (Å²) in [6, 6.07) is 9.42. The number of allylic oxidation sites excluding steroid dienone is 2. The molecule has 1 heterocycles. The molecule has 4 heteroatoms. The van der Waals surface area contributed by atoms with Crippen molar-refractivity contribution in [1.29, 1.82) is 0 Å². The summed E-state index contributed by atoms with van der Waals surface area (Å²) >= 11 is 0. The van der Waals surface area contributed by atoms with E-state index in [4.69, 9.17) is 4.42 Å². The van der Waals surface area contributed by atoms with Gasteiger partial charge in [0.25, 0.3) is 0 Å². The molecule has 19 heavy (non-hydrogen) atoms. The molecule has 0 aliphatic heterocycles. The Morgan fingerprint density at radius 3 is 2.37 bits per heavy atom. The zero-order valence-electron chi connectivity index (χ0n) is 11.1. The van der Waals surface area contributed by atoms with E-state index in [1.54, 1.807) is 6.92 Å². The fraction of sp³-hybridized carbons (Fsp3) is 0.200. The van der Waals surface area contributed by atoms with Crippen LogP contribution < -0.4 is 0 Å². The minimum Gasteiger partial charge on any atom is -0.512 e. The highest BCUT2D eigenvalue weighted by molar-refractivity contribution is 6.20. The molecule has 2 aromatic rings. The summed E-state index contributed by atoms with van der Waals surface area (Å²) in [7, 11) is 0. The van der Waals surface area contributed by atoms with E-state index in [9.17, 15) is 9.90 Å². The Morgan fingerprint density at radius 2 is 1.84 bits per heavy atom. The second-order valence-electron chi connectivity index (χ2n) is 4.29. The Labute approximate surface area is 111 Å². The number of aliphatic hydroxyl groups excluding tert-OH is 1. The molecule has 0 spiro atoms. The maximum atomic E-state index is 11.7. The number of aliphatic hydroxyl groups is 1. The predicted octanol–water partition coefficient (Wildman–Crippen LogP) is 3.53.